The fourth-order valence-corrected chi connectivity index (χ4v) is 4.79. The molecule has 2 heterocycles. The minimum atomic E-state index is -0.481. The Morgan fingerprint density at radius 1 is 1.12 bits per heavy atom. The van der Waals surface area contributed by atoms with E-state index in [1.54, 1.807) is 14.2 Å². The highest BCUT2D eigenvalue weighted by molar-refractivity contribution is 5.83. The number of nitrogens with one attached hydrogen (secondary N) is 1. The van der Waals surface area contributed by atoms with Gasteiger partial charge in [0.05, 0.1) is 12.5 Å². The lowest BCUT2D eigenvalue weighted by Gasteiger charge is -2.42. The van der Waals surface area contributed by atoms with Crippen LogP contribution in [0.1, 0.15) is 24.0 Å². The van der Waals surface area contributed by atoms with Gasteiger partial charge in [0, 0.05) is 38.1 Å². The number of hydrogen-bond donors (Lipinski definition) is 1. The Balaban J connectivity index is 1.60. The van der Waals surface area contributed by atoms with Crippen LogP contribution in [-0.4, -0.2) is 48.0 Å². The molecule has 6 nitrogen and oxygen atoms in total. The first-order chi connectivity index (χ1) is 15.6. The van der Waals surface area contributed by atoms with E-state index in [9.17, 15) is 4.79 Å². The highest BCUT2D eigenvalue weighted by Crippen LogP contribution is 2.37. The second-order valence-corrected chi connectivity index (χ2v) is 8.48. The summed E-state index contributed by atoms with van der Waals surface area (Å²) >= 11 is 0. The molecule has 32 heavy (non-hydrogen) atoms. The maximum Gasteiger partial charge on any atom is 0.227 e. The van der Waals surface area contributed by atoms with Crippen LogP contribution in [0.15, 0.2) is 67.3 Å². The summed E-state index contributed by atoms with van der Waals surface area (Å²) in [5.74, 6) is 0.963. The van der Waals surface area contributed by atoms with Gasteiger partial charge in [0.2, 0.25) is 5.91 Å². The van der Waals surface area contributed by atoms with Crippen molar-refractivity contribution in [2.45, 2.75) is 25.8 Å². The van der Waals surface area contributed by atoms with Crippen molar-refractivity contribution in [3.8, 4) is 16.9 Å². The number of amides is 1. The summed E-state index contributed by atoms with van der Waals surface area (Å²) in [7, 11) is 3.42. The second kappa shape index (κ2) is 9.92. The van der Waals surface area contributed by atoms with Crippen LogP contribution in [0.4, 0.5) is 0 Å². The van der Waals surface area contributed by atoms with E-state index in [-0.39, 0.29) is 5.91 Å². The molecule has 0 spiro atoms. The molecule has 1 amide bonds. The van der Waals surface area contributed by atoms with Gasteiger partial charge in [-0.25, -0.2) is 9.97 Å². The first-order valence-electron chi connectivity index (χ1n) is 11.0. The predicted octanol–water partition coefficient (Wildman–Crippen LogP) is 3.72. The van der Waals surface area contributed by atoms with E-state index >= 15 is 0 Å². The van der Waals surface area contributed by atoms with E-state index in [0.717, 1.165) is 54.9 Å². The monoisotopic (exact) mass is 430 g/mol. The molecule has 1 aliphatic heterocycles. The van der Waals surface area contributed by atoms with E-state index in [4.69, 9.17) is 4.74 Å². The molecule has 1 saturated heterocycles. The Morgan fingerprint density at radius 2 is 1.88 bits per heavy atom. The van der Waals surface area contributed by atoms with E-state index in [0.29, 0.717) is 6.42 Å². The topological polar surface area (TPSA) is 67.4 Å². The average Bonchev–Trinajstić information content (AvgIpc) is 2.85. The first-order valence-corrected chi connectivity index (χ1v) is 11.0. The molecular weight excluding hydrogens is 400 g/mol. The Hall–Kier alpha value is -3.25. The van der Waals surface area contributed by atoms with Crippen molar-refractivity contribution in [1.29, 1.82) is 0 Å². The fraction of sp³-hybridized carbons (Fsp3) is 0.346. The average molecular weight is 431 g/mol. The molecule has 1 aliphatic rings. The molecule has 1 fully saturated rings. The van der Waals surface area contributed by atoms with Gasteiger partial charge in [-0.05, 0) is 54.6 Å². The third kappa shape index (κ3) is 4.81. The third-order valence-electron chi connectivity index (χ3n) is 6.35. The molecule has 0 aliphatic carbocycles. The van der Waals surface area contributed by atoms with Gasteiger partial charge in [-0.1, -0.05) is 36.4 Å². The molecule has 4 rings (SSSR count). The standard InChI is InChI=1S/C26H30N4O2/c1-27-25(31)26(14-21-6-3-4-7-24(21)22-15-28-19-29-16-22)12-5-13-30(18-26)17-20-8-10-23(32-2)11-9-20/h3-4,6-11,15-16,19H,5,12-14,17-18H2,1-2H3,(H,27,31)/t26-/m0/s1. The fourth-order valence-electron chi connectivity index (χ4n) is 4.79. The predicted molar refractivity (Wildman–Crippen MR) is 125 cm³/mol. The van der Waals surface area contributed by atoms with Crippen LogP contribution in [0, 0.1) is 5.41 Å². The number of aromatic nitrogens is 2. The molecule has 166 valence electrons. The van der Waals surface area contributed by atoms with Crippen molar-refractivity contribution in [2.75, 3.05) is 27.2 Å². The highest BCUT2D eigenvalue weighted by Gasteiger charge is 2.42. The maximum atomic E-state index is 13.2. The van der Waals surface area contributed by atoms with Crippen molar-refractivity contribution < 1.29 is 9.53 Å². The van der Waals surface area contributed by atoms with Crippen molar-refractivity contribution in [3.05, 3.63) is 78.4 Å². The molecule has 0 bridgehead atoms. The van der Waals surface area contributed by atoms with Crippen molar-refractivity contribution in [2.24, 2.45) is 5.41 Å². The Kier molecular flexibility index (Phi) is 6.81. The lowest BCUT2D eigenvalue weighted by molar-refractivity contribution is -0.134. The molecule has 1 atom stereocenters. The van der Waals surface area contributed by atoms with E-state index in [1.807, 2.05) is 36.7 Å². The quantitative estimate of drug-likeness (QED) is 0.619. The van der Waals surface area contributed by atoms with Gasteiger partial charge in [0.25, 0.3) is 0 Å². The van der Waals surface area contributed by atoms with Gasteiger partial charge >= 0.3 is 0 Å². The Bertz CT molecular complexity index is 1040. The van der Waals surface area contributed by atoms with Crippen LogP contribution in [0.25, 0.3) is 11.1 Å². The smallest absolute Gasteiger partial charge is 0.227 e. The summed E-state index contributed by atoms with van der Waals surface area (Å²) in [4.78, 5) is 24.0. The number of nitrogens with zero attached hydrogens (tertiary/aromatic N) is 3. The van der Waals surface area contributed by atoms with Crippen LogP contribution in [0.5, 0.6) is 5.75 Å². The van der Waals surface area contributed by atoms with Gasteiger partial charge < -0.3 is 10.1 Å². The molecule has 6 heteroatoms. The number of rotatable bonds is 7. The molecule has 2 aromatic carbocycles. The molecule has 1 N–H and O–H groups in total. The minimum Gasteiger partial charge on any atom is -0.497 e. The molecular formula is C26H30N4O2. The number of likely N-dealkylation sites (tertiary alicyclic amines) is 1. The van der Waals surface area contributed by atoms with E-state index < -0.39 is 5.41 Å². The zero-order chi connectivity index (χ0) is 22.4. The minimum absolute atomic E-state index is 0.107. The Morgan fingerprint density at radius 3 is 2.59 bits per heavy atom. The summed E-state index contributed by atoms with van der Waals surface area (Å²) in [5, 5.41) is 2.95. The summed E-state index contributed by atoms with van der Waals surface area (Å²) in [6, 6.07) is 16.4. The third-order valence-corrected chi connectivity index (χ3v) is 6.35. The lowest BCUT2D eigenvalue weighted by Crippen LogP contribution is -2.52. The number of ether oxygens (including phenoxy) is 1. The SMILES string of the molecule is CNC(=O)[C@]1(Cc2ccccc2-c2cncnc2)CCCN(Cc2ccc(OC)cc2)C1. The molecule has 1 aromatic heterocycles. The summed E-state index contributed by atoms with van der Waals surface area (Å²) < 4.78 is 5.28. The number of benzene rings is 2. The van der Waals surface area contributed by atoms with Gasteiger partial charge in [-0.3, -0.25) is 9.69 Å². The first kappa shape index (κ1) is 22.0. The zero-order valence-corrected chi connectivity index (χ0v) is 18.8. The molecule has 3 aromatic rings. The summed E-state index contributed by atoms with van der Waals surface area (Å²) in [6.07, 6.45) is 7.73. The maximum absolute atomic E-state index is 13.2. The van der Waals surface area contributed by atoms with Crippen LogP contribution in [-0.2, 0) is 17.8 Å². The summed E-state index contributed by atoms with van der Waals surface area (Å²) in [5.41, 5.74) is 3.95. The van der Waals surface area contributed by atoms with Crippen molar-refractivity contribution >= 4 is 5.91 Å². The van der Waals surface area contributed by atoms with E-state index in [2.05, 4.69) is 44.5 Å². The number of carbonyl (C=O) groups is 1. The highest BCUT2D eigenvalue weighted by atomic mass is 16.5. The van der Waals surface area contributed by atoms with Crippen LogP contribution in [0.2, 0.25) is 0 Å². The lowest BCUT2D eigenvalue weighted by atomic mass is 9.73. The molecule has 0 saturated carbocycles. The number of hydrogen-bond acceptors (Lipinski definition) is 5. The van der Waals surface area contributed by atoms with Crippen LogP contribution < -0.4 is 10.1 Å². The van der Waals surface area contributed by atoms with Crippen LogP contribution >= 0.6 is 0 Å². The zero-order valence-electron chi connectivity index (χ0n) is 18.8. The normalized spacial score (nSPS) is 18.8. The number of carbonyl (C=O) groups excluding carboxylic acids is 1. The molecule has 0 unspecified atom stereocenters. The van der Waals surface area contributed by atoms with E-state index in [1.165, 1.54) is 11.9 Å². The number of piperidine rings is 1. The van der Waals surface area contributed by atoms with Crippen molar-refractivity contribution in [1.82, 2.24) is 20.2 Å². The van der Waals surface area contributed by atoms with Gasteiger partial charge in [-0.2, -0.15) is 0 Å². The van der Waals surface area contributed by atoms with Crippen molar-refractivity contribution in [3.63, 3.8) is 0 Å². The second-order valence-electron chi connectivity index (χ2n) is 8.48. The largest absolute Gasteiger partial charge is 0.497 e. The van der Waals surface area contributed by atoms with Crippen LogP contribution in [0.3, 0.4) is 0 Å². The Labute approximate surface area is 189 Å². The number of methoxy groups -OCH3 is 1. The van der Waals surface area contributed by atoms with Gasteiger partial charge in [0.15, 0.2) is 0 Å². The van der Waals surface area contributed by atoms with Gasteiger partial charge in [0.1, 0.15) is 12.1 Å². The summed E-state index contributed by atoms with van der Waals surface area (Å²) in [6.45, 7) is 2.52. The molecule has 0 radical (unpaired) electrons. The van der Waals surface area contributed by atoms with Gasteiger partial charge in [-0.15, -0.1) is 0 Å².